The van der Waals surface area contributed by atoms with Crippen LogP contribution < -0.4 is 0 Å². The maximum atomic E-state index is 4.64. The number of nitrogens with one attached hydrogen (secondary N) is 1. The first-order valence-electron chi connectivity index (χ1n) is 7.90. The van der Waals surface area contributed by atoms with Crippen LogP contribution in [0.4, 0.5) is 0 Å². The second kappa shape index (κ2) is 5.98. The van der Waals surface area contributed by atoms with Crippen molar-refractivity contribution < 1.29 is 0 Å². The van der Waals surface area contributed by atoms with E-state index in [-0.39, 0.29) is 0 Å². The number of H-pyrrole nitrogens is 1. The molecule has 4 nitrogen and oxygen atoms in total. The molecular formula is C18H20N4S. The third kappa shape index (κ3) is 2.86. The summed E-state index contributed by atoms with van der Waals surface area (Å²) in [6, 6.07) is 6.59. The van der Waals surface area contributed by atoms with E-state index in [4.69, 9.17) is 0 Å². The lowest BCUT2D eigenvalue weighted by Gasteiger charge is -2.27. The highest BCUT2D eigenvalue weighted by molar-refractivity contribution is 7.98. The van der Waals surface area contributed by atoms with Crippen LogP contribution in [-0.4, -0.2) is 32.7 Å². The number of fused-ring (bicyclic) bond motifs is 2. The van der Waals surface area contributed by atoms with Crippen LogP contribution in [0.15, 0.2) is 35.7 Å². The second-order valence-electron chi connectivity index (χ2n) is 6.15. The fourth-order valence-corrected chi connectivity index (χ4v) is 3.61. The van der Waals surface area contributed by atoms with Crippen molar-refractivity contribution in [1.82, 2.24) is 19.9 Å². The summed E-state index contributed by atoms with van der Waals surface area (Å²) in [6.07, 6.45) is 7.18. The summed E-state index contributed by atoms with van der Waals surface area (Å²) in [5, 5.41) is 2.22. The lowest BCUT2D eigenvalue weighted by Crippen LogP contribution is -2.30. The Labute approximate surface area is 140 Å². The molecule has 4 rings (SSSR count). The molecule has 0 fully saturated rings. The topological polar surface area (TPSA) is 44.8 Å². The summed E-state index contributed by atoms with van der Waals surface area (Å²) in [6.45, 7) is 5.10. The molecule has 0 unspecified atom stereocenters. The first-order valence-corrected chi connectivity index (χ1v) is 9.13. The van der Waals surface area contributed by atoms with Gasteiger partial charge in [0.25, 0.3) is 0 Å². The minimum Gasteiger partial charge on any atom is -0.361 e. The standard InChI is InChI=1S/C18H20N4S/c1-12-3-4-17-15(7-12)13(8-19-17)10-22-6-5-16-14(11-22)9-20-18(21-16)23-2/h3-4,7-9,19H,5-6,10-11H2,1-2H3. The molecule has 0 bridgehead atoms. The minimum absolute atomic E-state index is 0.879. The third-order valence-corrected chi connectivity index (χ3v) is 5.05. The van der Waals surface area contributed by atoms with E-state index in [1.165, 1.54) is 33.3 Å². The average Bonchev–Trinajstić information content (AvgIpc) is 2.96. The zero-order chi connectivity index (χ0) is 15.8. The van der Waals surface area contributed by atoms with Gasteiger partial charge in [0.2, 0.25) is 0 Å². The number of nitrogens with zero attached hydrogens (tertiary/aromatic N) is 3. The molecule has 5 heteroatoms. The Morgan fingerprint density at radius 1 is 1.35 bits per heavy atom. The predicted molar refractivity (Wildman–Crippen MR) is 94.7 cm³/mol. The molecule has 3 heterocycles. The van der Waals surface area contributed by atoms with Crippen molar-refractivity contribution in [3.63, 3.8) is 0 Å². The zero-order valence-electron chi connectivity index (χ0n) is 13.5. The van der Waals surface area contributed by atoms with Gasteiger partial charge >= 0.3 is 0 Å². The van der Waals surface area contributed by atoms with Gasteiger partial charge in [-0.05, 0) is 30.9 Å². The monoisotopic (exact) mass is 324 g/mol. The van der Waals surface area contributed by atoms with Crippen molar-refractivity contribution in [2.24, 2.45) is 0 Å². The maximum Gasteiger partial charge on any atom is 0.187 e. The van der Waals surface area contributed by atoms with E-state index in [9.17, 15) is 0 Å². The molecule has 0 aliphatic carbocycles. The van der Waals surface area contributed by atoms with E-state index in [2.05, 4.69) is 51.2 Å². The second-order valence-corrected chi connectivity index (χ2v) is 6.93. The molecule has 0 saturated heterocycles. The molecule has 3 aromatic rings. The zero-order valence-corrected chi connectivity index (χ0v) is 14.3. The minimum atomic E-state index is 0.879. The van der Waals surface area contributed by atoms with Gasteiger partial charge in [-0.3, -0.25) is 4.90 Å². The number of aromatic amines is 1. The highest BCUT2D eigenvalue weighted by Crippen LogP contribution is 2.24. The van der Waals surface area contributed by atoms with Gasteiger partial charge in [0.1, 0.15) is 0 Å². The van der Waals surface area contributed by atoms with Crippen LogP contribution >= 0.6 is 11.8 Å². The van der Waals surface area contributed by atoms with Crippen LogP contribution in [0.1, 0.15) is 22.4 Å². The number of aryl methyl sites for hydroxylation is 1. The van der Waals surface area contributed by atoms with E-state index >= 15 is 0 Å². The van der Waals surface area contributed by atoms with Gasteiger partial charge in [-0.1, -0.05) is 23.4 Å². The molecule has 0 spiro atoms. The summed E-state index contributed by atoms with van der Waals surface area (Å²) in [5.74, 6) is 0. The Hall–Kier alpha value is -1.85. The van der Waals surface area contributed by atoms with E-state index in [1.807, 2.05) is 12.5 Å². The predicted octanol–water partition coefficient (Wildman–Crippen LogP) is 3.55. The van der Waals surface area contributed by atoms with E-state index in [0.29, 0.717) is 0 Å². The summed E-state index contributed by atoms with van der Waals surface area (Å²) in [4.78, 5) is 14.9. The Bertz CT molecular complexity index is 855. The highest BCUT2D eigenvalue weighted by atomic mass is 32.2. The largest absolute Gasteiger partial charge is 0.361 e. The molecule has 0 atom stereocenters. The number of aromatic nitrogens is 3. The SMILES string of the molecule is CSc1ncc2c(n1)CCN(Cc1c[nH]c3ccc(C)cc13)C2. The van der Waals surface area contributed by atoms with Gasteiger partial charge in [-0.25, -0.2) is 9.97 Å². The Balaban J connectivity index is 1.56. The van der Waals surface area contributed by atoms with Gasteiger partial charge < -0.3 is 4.98 Å². The van der Waals surface area contributed by atoms with Crippen LogP contribution in [0.3, 0.4) is 0 Å². The van der Waals surface area contributed by atoms with Crippen molar-refractivity contribution in [3.05, 3.63) is 53.0 Å². The van der Waals surface area contributed by atoms with Crippen LogP contribution in [-0.2, 0) is 19.5 Å². The lowest BCUT2D eigenvalue weighted by molar-refractivity contribution is 0.243. The number of thioether (sulfide) groups is 1. The lowest BCUT2D eigenvalue weighted by atomic mass is 10.1. The van der Waals surface area contributed by atoms with E-state index in [1.54, 1.807) is 11.8 Å². The van der Waals surface area contributed by atoms with Gasteiger partial charge in [-0.2, -0.15) is 0 Å². The highest BCUT2D eigenvalue weighted by Gasteiger charge is 2.19. The first kappa shape index (κ1) is 14.7. The normalized spacial score (nSPS) is 15.0. The molecule has 0 saturated carbocycles. The maximum absolute atomic E-state index is 4.64. The average molecular weight is 324 g/mol. The molecular weight excluding hydrogens is 304 g/mol. The number of rotatable bonds is 3. The van der Waals surface area contributed by atoms with Crippen LogP contribution in [0.25, 0.3) is 10.9 Å². The van der Waals surface area contributed by atoms with Crippen LogP contribution in [0.2, 0.25) is 0 Å². The molecule has 2 aromatic heterocycles. The van der Waals surface area contributed by atoms with Crippen LogP contribution in [0.5, 0.6) is 0 Å². The van der Waals surface area contributed by atoms with Crippen molar-refractivity contribution in [1.29, 1.82) is 0 Å². The summed E-state index contributed by atoms with van der Waals surface area (Å²) in [5.41, 5.74) is 6.38. The number of benzene rings is 1. The molecule has 1 aromatic carbocycles. The number of hydrogen-bond acceptors (Lipinski definition) is 4. The van der Waals surface area contributed by atoms with Gasteiger partial charge in [-0.15, -0.1) is 0 Å². The summed E-state index contributed by atoms with van der Waals surface area (Å²) < 4.78 is 0. The van der Waals surface area contributed by atoms with Crippen molar-refractivity contribution >= 4 is 22.7 Å². The molecule has 1 N–H and O–H groups in total. The fourth-order valence-electron chi connectivity index (χ4n) is 3.25. The molecule has 23 heavy (non-hydrogen) atoms. The molecule has 118 valence electrons. The molecule has 0 radical (unpaired) electrons. The van der Waals surface area contributed by atoms with E-state index in [0.717, 1.165) is 31.2 Å². The van der Waals surface area contributed by atoms with Crippen molar-refractivity contribution in [2.45, 2.75) is 31.6 Å². The van der Waals surface area contributed by atoms with Gasteiger partial charge in [0.15, 0.2) is 5.16 Å². The van der Waals surface area contributed by atoms with Crippen molar-refractivity contribution in [2.75, 3.05) is 12.8 Å². The molecule has 1 aliphatic rings. The Morgan fingerprint density at radius 3 is 3.13 bits per heavy atom. The van der Waals surface area contributed by atoms with Crippen LogP contribution in [0, 0.1) is 6.92 Å². The Kier molecular flexibility index (Phi) is 3.83. The quantitative estimate of drug-likeness (QED) is 0.591. The van der Waals surface area contributed by atoms with Crippen molar-refractivity contribution in [3.8, 4) is 0 Å². The number of hydrogen-bond donors (Lipinski definition) is 1. The van der Waals surface area contributed by atoms with Gasteiger partial charge in [0, 0.05) is 54.9 Å². The summed E-state index contributed by atoms with van der Waals surface area (Å²) in [7, 11) is 0. The molecule has 1 aliphatic heterocycles. The third-order valence-electron chi connectivity index (χ3n) is 4.49. The fraction of sp³-hybridized carbons (Fsp3) is 0.333. The van der Waals surface area contributed by atoms with E-state index < -0.39 is 0 Å². The molecule has 0 amide bonds. The van der Waals surface area contributed by atoms with Gasteiger partial charge in [0.05, 0.1) is 5.69 Å². The first-order chi connectivity index (χ1) is 11.2. The smallest absolute Gasteiger partial charge is 0.187 e. The summed E-state index contributed by atoms with van der Waals surface area (Å²) >= 11 is 1.61. The Morgan fingerprint density at radius 2 is 2.26 bits per heavy atom.